The Kier molecular flexibility index (Phi) is 6.07. The fourth-order valence-electron chi connectivity index (χ4n) is 3.18. The summed E-state index contributed by atoms with van der Waals surface area (Å²) in [4.78, 5) is 19.3. The van der Waals surface area contributed by atoms with Gasteiger partial charge in [-0.2, -0.15) is 4.31 Å². The maximum absolute atomic E-state index is 12.8. The van der Waals surface area contributed by atoms with Crippen molar-refractivity contribution < 1.29 is 17.9 Å². The van der Waals surface area contributed by atoms with Crippen LogP contribution in [0.2, 0.25) is 0 Å². The SMILES string of the molecule is Cc1nc(-c2ccc(CNC(=O)c3cc(S(=O)(=O)N4CCOCC4)cn3C)s2)cs1. The maximum Gasteiger partial charge on any atom is 0.268 e. The first-order valence-corrected chi connectivity index (χ1v) is 12.5. The van der Waals surface area contributed by atoms with E-state index in [4.69, 9.17) is 4.74 Å². The van der Waals surface area contributed by atoms with E-state index in [2.05, 4.69) is 10.3 Å². The highest BCUT2D eigenvalue weighted by Crippen LogP contribution is 2.29. The molecule has 160 valence electrons. The zero-order valence-electron chi connectivity index (χ0n) is 16.6. The summed E-state index contributed by atoms with van der Waals surface area (Å²) >= 11 is 3.18. The minimum Gasteiger partial charge on any atom is -0.379 e. The Labute approximate surface area is 183 Å². The molecule has 0 saturated carbocycles. The van der Waals surface area contributed by atoms with Gasteiger partial charge in [0.15, 0.2) is 0 Å². The second-order valence-corrected chi connectivity index (χ2v) is 11.1. The highest BCUT2D eigenvalue weighted by molar-refractivity contribution is 7.89. The fourth-order valence-corrected chi connectivity index (χ4v) is 6.26. The standard InChI is InChI=1S/C19H22N4O4S3/c1-13-21-16(12-28-13)18-4-3-14(29-18)10-20-19(24)17-9-15(11-22(17)2)30(25,26)23-5-7-27-8-6-23/h3-4,9,11-12H,5-8,10H2,1-2H3,(H,20,24). The predicted molar refractivity (Wildman–Crippen MR) is 116 cm³/mol. The number of hydrogen-bond donors (Lipinski definition) is 1. The highest BCUT2D eigenvalue weighted by atomic mass is 32.2. The summed E-state index contributed by atoms with van der Waals surface area (Å²) in [6.45, 7) is 3.72. The Balaban J connectivity index is 1.43. The Morgan fingerprint density at radius 3 is 2.77 bits per heavy atom. The molecule has 3 aromatic rings. The summed E-state index contributed by atoms with van der Waals surface area (Å²) in [7, 11) is -1.97. The number of hydrogen-bond acceptors (Lipinski definition) is 7. The van der Waals surface area contributed by atoms with Gasteiger partial charge in [0.2, 0.25) is 10.0 Å². The summed E-state index contributed by atoms with van der Waals surface area (Å²) in [6.07, 6.45) is 1.48. The Morgan fingerprint density at radius 1 is 1.30 bits per heavy atom. The average Bonchev–Trinajstić information content (AvgIpc) is 3.46. The van der Waals surface area contributed by atoms with E-state index in [0.29, 0.717) is 38.5 Å². The third kappa shape index (κ3) is 4.35. The van der Waals surface area contributed by atoms with Crippen molar-refractivity contribution in [2.45, 2.75) is 18.4 Å². The average molecular weight is 467 g/mol. The van der Waals surface area contributed by atoms with Crippen LogP contribution < -0.4 is 5.32 Å². The molecular formula is C19H22N4O4S3. The van der Waals surface area contributed by atoms with Crippen LogP contribution in [0.15, 0.2) is 34.7 Å². The number of aryl methyl sites for hydroxylation is 2. The van der Waals surface area contributed by atoms with E-state index in [1.807, 2.05) is 24.4 Å². The lowest BCUT2D eigenvalue weighted by atomic mass is 10.3. The van der Waals surface area contributed by atoms with E-state index in [-0.39, 0.29) is 10.8 Å². The van der Waals surface area contributed by atoms with Gasteiger partial charge in [-0.05, 0) is 25.1 Å². The number of carbonyl (C=O) groups is 1. The Bertz CT molecular complexity index is 1160. The molecule has 0 bridgehead atoms. The number of rotatable bonds is 6. The smallest absolute Gasteiger partial charge is 0.268 e. The van der Waals surface area contributed by atoms with Crippen LogP contribution in [0.25, 0.3) is 10.6 Å². The molecule has 0 unspecified atom stereocenters. The van der Waals surface area contributed by atoms with Crippen LogP contribution in [0.4, 0.5) is 0 Å². The first-order valence-electron chi connectivity index (χ1n) is 9.38. The Morgan fingerprint density at radius 2 is 2.07 bits per heavy atom. The summed E-state index contributed by atoms with van der Waals surface area (Å²) in [5, 5.41) is 5.91. The van der Waals surface area contributed by atoms with Gasteiger partial charge in [0.05, 0.1) is 35.3 Å². The summed E-state index contributed by atoms with van der Waals surface area (Å²) in [5.74, 6) is -0.319. The number of amides is 1. The van der Waals surface area contributed by atoms with Gasteiger partial charge in [-0.25, -0.2) is 13.4 Å². The van der Waals surface area contributed by atoms with Crippen LogP contribution in [0, 0.1) is 6.92 Å². The molecule has 0 aromatic carbocycles. The number of nitrogens with zero attached hydrogens (tertiary/aromatic N) is 3. The maximum atomic E-state index is 12.8. The largest absolute Gasteiger partial charge is 0.379 e. The van der Waals surface area contributed by atoms with Gasteiger partial charge in [0.1, 0.15) is 10.6 Å². The lowest BCUT2D eigenvalue weighted by Crippen LogP contribution is -2.40. The van der Waals surface area contributed by atoms with Crippen LogP contribution in [-0.2, 0) is 28.4 Å². The van der Waals surface area contributed by atoms with E-state index < -0.39 is 10.0 Å². The van der Waals surface area contributed by atoms with Crippen molar-refractivity contribution in [2.24, 2.45) is 7.05 Å². The Hall–Kier alpha value is -2.05. The quantitative estimate of drug-likeness (QED) is 0.602. The monoisotopic (exact) mass is 466 g/mol. The number of thiazole rings is 1. The van der Waals surface area contributed by atoms with E-state index in [1.165, 1.54) is 16.6 Å². The topological polar surface area (TPSA) is 93.5 Å². The van der Waals surface area contributed by atoms with Crippen molar-refractivity contribution in [3.8, 4) is 10.6 Å². The van der Waals surface area contributed by atoms with Crippen LogP contribution >= 0.6 is 22.7 Å². The van der Waals surface area contributed by atoms with Gasteiger partial charge in [-0.15, -0.1) is 22.7 Å². The van der Waals surface area contributed by atoms with Gasteiger partial charge in [-0.3, -0.25) is 4.79 Å². The van der Waals surface area contributed by atoms with Crippen molar-refractivity contribution in [2.75, 3.05) is 26.3 Å². The second-order valence-electron chi connectivity index (χ2n) is 6.89. The summed E-state index contributed by atoms with van der Waals surface area (Å²) < 4.78 is 33.8. The fraction of sp³-hybridized carbons (Fsp3) is 0.368. The van der Waals surface area contributed by atoms with Crippen LogP contribution in [0.5, 0.6) is 0 Å². The third-order valence-corrected chi connectivity index (χ3v) is 8.52. The number of carbonyl (C=O) groups excluding carboxylic acids is 1. The van der Waals surface area contributed by atoms with Gasteiger partial charge in [-0.1, -0.05) is 0 Å². The number of ether oxygens (including phenoxy) is 1. The molecule has 4 heterocycles. The van der Waals surface area contributed by atoms with E-state index in [9.17, 15) is 13.2 Å². The van der Waals surface area contributed by atoms with Crippen LogP contribution in [0.1, 0.15) is 20.4 Å². The molecule has 3 aromatic heterocycles. The normalized spacial score (nSPS) is 15.4. The van der Waals surface area contributed by atoms with E-state index >= 15 is 0 Å². The number of sulfonamides is 1. The van der Waals surface area contributed by atoms with Crippen LogP contribution in [0.3, 0.4) is 0 Å². The predicted octanol–water partition coefficient (Wildman–Crippen LogP) is 2.47. The van der Waals surface area contributed by atoms with Gasteiger partial charge in [0, 0.05) is 36.6 Å². The molecule has 30 heavy (non-hydrogen) atoms. The van der Waals surface area contributed by atoms with Crippen LogP contribution in [-0.4, -0.2) is 54.5 Å². The van der Waals surface area contributed by atoms with Crippen molar-refractivity contribution >= 4 is 38.6 Å². The first-order chi connectivity index (χ1) is 14.3. The molecule has 1 aliphatic rings. The van der Waals surface area contributed by atoms with Crippen molar-refractivity contribution in [3.05, 3.63) is 45.4 Å². The molecular weight excluding hydrogens is 444 g/mol. The minimum atomic E-state index is -3.64. The molecule has 0 aliphatic carbocycles. The van der Waals surface area contributed by atoms with Crippen molar-refractivity contribution in [1.82, 2.24) is 19.2 Å². The molecule has 1 amide bonds. The molecule has 1 saturated heterocycles. The van der Waals surface area contributed by atoms with E-state index in [1.54, 1.807) is 34.3 Å². The second kappa shape index (κ2) is 8.60. The lowest BCUT2D eigenvalue weighted by molar-refractivity contribution is 0.0730. The van der Waals surface area contributed by atoms with Gasteiger partial charge in [0.25, 0.3) is 5.91 Å². The molecule has 4 rings (SSSR count). The summed E-state index contributed by atoms with van der Waals surface area (Å²) in [5.41, 5.74) is 1.24. The van der Waals surface area contributed by atoms with E-state index in [0.717, 1.165) is 20.5 Å². The molecule has 0 atom stereocenters. The van der Waals surface area contributed by atoms with Gasteiger partial charge >= 0.3 is 0 Å². The number of morpholine rings is 1. The molecule has 8 nitrogen and oxygen atoms in total. The lowest BCUT2D eigenvalue weighted by Gasteiger charge is -2.25. The van der Waals surface area contributed by atoms with Crippen molar-refractivity contribution in [1.29, 1.82) is 0 Å². The van der Waals surface area contributed by atoms with Gasteiger partial charge < -0.3 is 14.6 Å². The summed E-state index contributed by atoms with van der Waals surface area (Å²) in [6, 6.07) is 5.39. The molecule has 1 fully saturated rings. The molecule has 1 N–H and O–H groups in total. The molecule has 0 spiro atoms. The van der Waals surface area contributed by atoms with Crippen molar-refractivity contribution in [3.63, 3.8) is 0 Å². The molecule has 1 aliphatic heterocycles. The number of nitrogens with one attached hydrogen (secondary N) is 1. The number of aromatic nitrogens is 2. The molecule has 11 heteroatoms. The highest BCUT2D eigenvalue weighted by Gasteiger charge is 2.28. The third-order valence-electron chi connectivity index (χ3n) is 4.78. The zero-order valence-corrected chi connectivity index (χ0v) is 19.1. The zero-order chi connectivity index (χ0) is 21.3. The first kappa shape index (κ1) is 21.2. The molecule has 0 radical (unpaired) electrons. The number of thiophene rings is 1. The minimum absolute atomic E-state index is 0.120.